The molecule has 2 aromatic rings. The van der Waals surface area contributed by atoms with E-state index in [0.717, 1.165) is 11.4 Å². The average Bonchev–Trinajstić information content (AvgIpc) is 3.32. The van der Waals surface area contributed by atoms with Gasteiger partial charge in [-0.15, -0.1) is 0 Å². The van der Waals surface area contributed by atoms with E-state index in [1.807, 2.05) is 66.4 Å². The first-order valence-corrected chi connectivity index (χ1v) is 11.7. The van der Waals surface area contributed by atoms with Crippen LogP contribution in [0, 0.1) is 0 Å². The van der Waals surface area contributed by atoms with Gasteiger partial charge in [0.25, 0.3) is 0 Å². The Morgan fingerprint density at radius 3 is 2.41 bits per heavy atom. The van der Waals surface area contributed by atoms with Gasteiger partial charge < -0.3 is 14.4 Å². The second-order valence-corrected chi connectivity index (χ2v) is 9.60. The number of benzene rings is 2. The van der Waals surface area contributed by atoms with Crippen LogP contribution in [0.1, 0.15) is 20.8 Å². The Morgan fingerprint density at radius 2 is 1.75 bits per heavy atom. The van der Waals surface area contributed by atoms with Gasteiger partial charge in [-0.05, 0) is 56.8 Å². The first-order chi connectivity index (χ1) is 15.4. The van der Waals surface area contributed by atoms with Crippen molar-refractivity contribution in [2.45, 2.75) is 25.1 Å². The summed E-state index contributed by atoms with van der Waals surface area (Å²) in [5, 5.41) is 6.64. The third-order valence-corrected chi connectivity index (χ3v) is 7.94. The molecule has 4 rings (SSSR count). The maximum atomic E-state index is 12.7. The molecule has 1 atom stereocenters. The number of carbonyl (C=O) groups excluding carboxylic acids is 2. The molecule has 7 nitrogen and oxygen atoms in total. The molecule has 0 aromatic heterocycles. The average molecular weight is 470 g/mol. The lowest BCUT2D eigenvalue weighted by atomic mass is 10.2. The molecule has 166 valence electrons. The Morgan fingerprint density at radius 1 is 1.06 bits per heavy atom. The second kappa shape index (κ2) is 8.91. The Bertz CT molecular complexity index is 1120. The van der Waals surface area contributed by atoms with Crippen LogP contribution in [0.3, 0.4) is 0 Å². The fourth-order valence-corrected chi connectivity index (χ4v) is 6.60. The lowest BCUT2D eigenvalue weighted by molar-refractivity contribution is -0.134. The molecule has 0 radical (unpaired) electrons. The minimum absolute atomic E-state index is 0.0459. The minimum atomic E-state index is -0.983. The molecule has 32 heavy (non-hydrogen) atoms. The predicted molar refractivity (Wildman–Crippen MR) is 130 cm³/mol. The van der Waals surface area contributed by atoms with Crippen molar-refractivity contribution in [1.29, 1.82) is 0 Å². The number of Topliss-reactive ketones (excluding diaryl/α,β-unsaturated/α-hetero) is 1. The number of methoxy groups -OCH3 is 1. The standard InChI is InChI=1S/C23H23N3O4S2/c1-5-30-22(28)21-24-26(18-13-9-10-14-19(18)29-4)23(32-21)25(17-11-7-6-8-12-17)15(2)20(31-23)16(3)27/h6-14H,5H2,1-4H3. The molecule has 0 amide bonds. The first-order valence-electron chi connectivity index (χ1n) is 10.1. The number of nitrogens with zero attached hydrogens (tertiary/aromatic N) is 3. The predicted octanol–water partition coefficient (Wildman–Crippen LogP) is 4.81. The zero-order valence-corrected chi connectivity index (χ0v) is 19.8. The van der Waals surface area contributed by atoms with Gasteiger partial charge in [0.2, 0.25) is 9.37 Å². The van der Waals surface area contributed by atoms with Gasteiger partial charge in [0.1, 0.15) is 11.4 Å². The highest BCUT2D eigenvalue weighted by Crippen LogP contribution is 2.61. The molecular formula is C23H23N3O4S2. The molecule has 2 aliphatic heterocycles. The minimum Gasteiger partial charge on any atom is -0.495 e. The topological polar surface area (TPSA) is 71.4 Å². The number of rotatable bonds is 6. The molecule has 2 heterocycles. The number of carbonyl (C=O) groups is 2. The molecular weight excluding hydrogens is 446 g/mol. The van der Waals surface area contributed by atoms with Gasteiger partial charge in [-0.3, -0.25) is 4.79 Å². The zero-order valence-electron chi connectivity index (χ0n) is 18.2. The van der Waals surface area contributed by atoms with E-state index in [1.54, 1.807) is 26.0 Å². The van der Waals surface area contributed by atoms with Crippen molar-refractivity contribution in [2.24, 2.45) is 5.10 Å². The van der Waals surface area contributed by atoms with Gasteiger partial charge >= 0.3 is 5.97 Å². The summed E-state index contributed by atoms with van der Waals surface area (Å²) >= 11 is 2.63. The molecule has 0 N–H and O–H groups in total. The van der Waals surface area contributed by atoms with Crippen LogP contribution in [0.25, 0.3) is 0 Å². The number of hydrogen-bond acceptors (Lipinski definition) is 9. The van der Waals surface area contributed by atoms with E-state index in [9.17, 15) is 9.59 Å². The number of ketones is 1. The number of para-hydroxylation sites is 3. The fraction of sp³-hybridized carbons (Fsp3) is 0.261. The van der Waals surface area contributed by atoms with E-state index >= 15 is 0 Å². The van der Waals surface area contributed by atoms with Crippen molar-refractivity contribution < 1.29 is 19.1 Å². The van der Waals surface area contributed by atoms with Crippen molar-refractivity contribution >= 4 is 51.7 Å². The van der Waals surface area contributed by atoms with Crippen LogP contribution in [0.2, 0.25) is 0 Å². The fourth-order valence-electron chi connectivity index (χ4n) is 3.66. The van der Waals surface area contributed by atoms with Gasteiger partial charge in [-0.25, -0.2) is 9.80 Å². The first kappa shape index (κ1) is 22.3. The summed E-state index contributed by atoms with van der Waals surface area (Å²) in [5.41, 5.74) is 2.34. The molecule has 9 heteroatoms. The van der Waals surface area contributed by atoms with Gasteiger partial charge in [-0.1, -0.05) is 42.1 Å². The van der Waals surface area contributed by atoms with Crippen molar-refractivity contribution in [3.8, 4) is 5.75 Å². The van der Waals surface area contributed by atoms with E-state index in [2.05, 4.69) is 5.10 Å². The van der Waals surface area contributed by atoms with Crippen LogP contribution >= 0.6 is 23.5 Å². The van der Waals surface area contributed by atoms with Crippen LogP contribution in [-0.2, 0) is 14.3 Å². The second-order valence-electron chi connectivity index (χ2n) is 7.00. The number of anilines is 2. The van der Waals surface area contributed by atoms with E-state index in [1.165, 1.54) is 23.5 Å². The summed E-state index contributed by atoms with van der Waals surface area (Å²) in [4.78, 5) is 27.9. The molecule has 1 spiro atoms. The molecule has 0 saturated carbocycles. The summed E-state index contributed by atoms with van der Waals surface area (Å²) in [6.45, 7) is 5.46. The van der Waals surface area contributed by atoms with Gasteiger partial charge in [-0.2, -0.15) is 5.10 Å². The maximum Gasteiger partial charge on any atom is 0.365 e. The summed E-state index contributed by atoms with van der Waals surface area (Å²) in [5.74, 6) is 0.0520. The highest BCUT2D eigenvalue weighted by molar-refractivity contribution is 8.29. The SMILES string of the molecule is CCOC(=O)C1=NN(c2ccccc2OC)C2(S1)SC(C(C)=O)=C(C)N2c1ccccc1. The molecule has 1 unspecified atom stereocenters. The van der Waals surface area contributed by atoms with Crippen molar-refractivity contribution in [3.05, 3.63) is 65.2 Å². The third kappa shape index (κ3) is 3.65. The van der Waals surface area contributed by atoms with Crippen LogP contribution in [0.15, 0.2) is 70.3 Å². The molecule has 0 bridgehead atoms. The van der Waals surface area contributed by atoms with Crippen LogP contribution < -0.4 is 14.6 Å². The van der Waals surface area contributed by atoms with Gasteiger partial charge in [0, 0.05) is 11.4 Å². The highest BCUT2D eigenvalue weighted by Gasteiger charge is 2.58. The summed E-state index contributed by atoms with van der Waals surface area (Å²) in [7, 11) is 1.59. The number of esters is 1. The number of hydrogen-bond donors (Lipinski definition) is 0. The van der Waals surface area contributed by atoms with Crippen molar-refractivity contribution in [2.75, 3.05) is 23.6 Å². The van der Waals surface area contributed by atoms with Crippen LogP contribution in [-0.4, -0.2) is 34.8 Å². The molecule has 2 aliphatic rings. The summed E-state index contributed by atoms with van der Waals surface area (Å²) in [6.07, 6.45) is 0. The van der Waals surface area contributed by atoms with Gasteiger partial charge in [0.05, 0.1) is 18.6 Å². The van der Waals surface area contributed by atoms with Crippen molar-refractivity contribution in [3.63, 3.8) is 0 Å². The van der Waals surface area contributed by atoms with E-state index in [0.29, 0.717) is 16.3 Å². The van der Waals surface area contributed by atoms with E-state index < -0.39 is 10.3 Å². The maximum absolute atomic E-state index is 12.7. The van der Waals surface area contributed by atoms with E-state index in [4.69, 9.17) is 9.47 Å². The summed E-state index contributed by atoms with van der Waals surface area (Å²) < 4.78 is 9.87. The lowest BCUT2D eigenvalue weighted by Gasteiger charge is -2.41. The Kier molecular flexibility index (Phi) is 6.21. The number of hydrazone groups is 1. The Hall–Kier alpha value is -2.91. The lowest BCUT2D eigenvalue weighted by Crippen LogP contribution is -2.49. The van der Waals surface area contributed by atoms with Gasteiger partial charge in [0.15, 0.2) is 5.78 Å². The van der Waals surface area contributed by atoms with Crippen LogP contribution in [0.5, 0.6) is 5.75 Å². The number of ether oxygens (including phenoxy) is 2. The molecule has 2 aromatic carbocycles. The zero-order chi connectivity index (χ0) is 22.9. The quantitative estimate of drug-likeness (QED) is 0.558. The molecule has 0 fully saturated rings. The van der Waals surface area contributed by atoms with E-state index in [-0.39, 0.29) is 17.4 Å². The monoisotopic (exact) mass is 469 g/mol. The van der Waals surface area contributed by atoms with Crippen LogP contribution in [0.4, 0.5) is 11.4 Å². The molecule has 0 saturated heterocycles. The normalized spacial score (nSPS) is 20.1. The third-order valence-electron chi connectivity index (χ3n) is 4.97. The Balaban J connectivity index is 1.93. The summed E-state index contributed by atoms with van der Waals surface area (Å²) in [6, 6.07) is 17.2. The Labute approximate surface area is 195 Å². The largest absolute Gasteiger partial charge is 0.495 e. The smallest absolute Gasteiger partial charge is 0.365 e. The highest BCUT2D eigenvalue weighted by atomic mass is 32.2. The number of thioether (sulfide) groups is 2. The molecule has 0 aliphatic carbocycles. The van der Waals surface area contributed by atoms with Crippen molar-refractivity contribution in [1.82, 2.24) is 0 Å². The number of allylic oxidation sites excluding steroid dienone is 2.